The van der Waals surface area contributed by atoms with Crippen molar-refractivity contribution >= 4 is 23.4 Å². The van der Waals surface area contributed by atoms with Crippen LogP contribution in [0.25, 0.3) is 0 Å². The largest absolute Gasteiger partial charge is 0.450 e. The van der Waals surface area contributed by atoms with Gasteiger partial charge in [-0.2, -0.15) is 0 Å². The van der Waals surface area contributed by atoms with Gasteiger partial charge in [-0.3, -0.25) is 4.99 Å². The van der Waals surface area contributed by atoms with Crippen LogP contribution in [0.4, 0.5) is 4.79 Å². The molecule has 0 aromatic carbocycles. The molecule has 1 aliphatic rings. The monoisotopic (exact) mass is 395 g/mol. The molecular formula is C19H33N5O2S. The number of thiophene rings is 1. The summed E-state index contributed by atoms with van der Waals surface area (Å²) in [6, 6.07) is 4.83. The molecular weight excluding hydrogens is 362 g/mol. The van der Waals surface area contributed by atoms with Crippen molar-refractivity contribution in [2.24, 2.45) is 4.99 Å². The highest BCUT2D eigenvalue weighted by atomic mass is 32.1. The van der Waals surface area contributed by atoms with E-state index in [1.54, 1.807) is 16.2 Å². The number of hydrogen-bond acceptors (Lipinski definition) is 5. The lowest BCUT2D eigenvalue weighted by Gasteiger charge is -2.32. The Hall–Kier alpha value is -1.80. The molecule has 0 spiro atoms. The number of likely N-dealkylation sites (N-methyl/N-ethyl adjacent to an activating group) is 1. The number of nitrogens with zero attached hydrogens (tertiary/aromatic N) is 3. The Bertz CT molecular complexity index is 583. The first-order valence-corrected chi connectivity index (χ1v) is 10.6. The van der Waals surface area contributed by atoms with Gasteiger partial charge in [0.05, 0.1) is 19.2 Å². The number of hydrogen-bond donors (Lipinski definition) is 2. The maximum absolute atomic E-state index is 11.8. The molecule has 2 N–H and O–H groups in total. The zero-order valence-corrected chi connectivity index (χ0v) is 17.7. The quantitative estimate of drug-likeness (QED) is 0.548. The fourth-order valence-corrected chi connectivity index (χ4v) is 4.01. The van der Waals surface area contributed by atoms with E-state index in [0.717, 1.165) is 25.3 Å². The molecule has 0 radical (unpaired) electrons. The summed E-state index contributed by atoms with van der Waals surface area (Å²) >= 11 is 1.77. The van der Waals surface area contributed by atoms with Gasteiger partial charge in [0.25, 0.3) is 0 Å². The first kappa shape index (κ1) is 21.5. The molecule has 1 atom stereocenters. The molecule has 0 bridgehead atoms. The lowest BCUT2D eigenvalue weighted by molar-refractivity contribution is 0.0963. The molecule has 2 heterocycles. The molecule has 1 aromatic rings. The Morgan fingerprint density at radius 1 is 1.41 bits per heavy atom. The van der Waals surface area contributed by atoms with Crippen LogP contribution in [0, 0.1) is 0 Å². The summed E-state index contributed by atoms with van der Waals surface area (Å²) in [5.41, 5.74) is 0. The number of rotatable bonds is 7. The van der Waals surface area contributed by atoms with Crippen molar-refractivity contribution in [2.75, 3.05) is 46.9 Å². The number of ether oxygens (including phenoxy) is 1. The third-order valence-corrected chi connectivity index (χ3v) is 5.60. The van der Waals surface area contributed by atoms with Gasteiger partial charge in [-0.25, -0.2) is 4.79 Å². The molecule has 0 saturated carbocycles. The average molecular weight is 396 g/mol. The molecule has 1 unspecified atom stereocenters. The average Bonchev–Trinajstić information content (AvgIpc) is 3.17. The van der Waals surface area contributed by atoms with E-state index < -0.39 is 0 Å². The summed E-state index contributed by atoms with van der Waals surface area (Å²) < 4.78 is 5.09. The smallest absolute Gasteiger partial charge is 0.409 e. The minimum atomic E-state index is -0.207. The number of piperidine rings is 1. The Labute approximate surface area is 166 Å². The predicted molar refractivity (Wildman–Crippen MR) is 111 cm³/mol. The third kappa shape index (κ3) is 6.70. The maximum Gasteiger partial charge on any atom is 0.409 e. The highest BCUT2D eigenvalue weighted by Crippen LogP contribution is 2.23. The molecule has 1 fully saturated rings. The SMILES string of the molecule is CCNC(=NCC(c1cccs1)N(C)C)NC1CCN(C(=O)OCC)CC1. The summed E-state index contributed by atoms with van der Waals surface area (Å²) in [6.07, 6.45) is 1.58. The number of guanidine groups is 1. The standard InChI is InChI=1S/C19H33N5O2S/c1-5-20-18(21-14-16(23(3)4)17-8-7-13-27-17)22-15-9-11-24(12-10-15)19(25)26-6-2/h7-8,13,15-16H,5-6,9-12,14H2,1-4H3,(H2,20,21,22). The van der Waals surface area contributed by atoms with Crippen molar-refractivity contribution < 1.29 is 9.53 Å². The van der Waals surface area contributed by atoms with E-state index in [4.69, 9.17) is 9.73 Å². The molecule has 2 rings (SSSR count). The zero-order chi connectivity index (χ0) is 19.6. The number of aliphatic imine (C=N–C) groups is 1. The molecule has 1 aliphatic heterocycles. The van der Waals surface area contributed by atoms with Crippen LogP contribution in [-0.2, 0) is 4.74 Å². The zero-order valence-electron chi connectivity index (χ0n) is 16.9. The fourth-order valence-electron chi connectivity index (χ4n) is 3.10. The van der Waals surface area contributed by atoms with Crippen LogP contribution in [0.15, 0.2) is 22.5 Å². The normalized spacial score (nSPS) is 17.1. The van der Waals surface area contributed by atoms with Crippen molar-refractivity contribution in [1.29, 1.82) is 0 Å². The fraction of sp³-hybridized carbons (Fsp3) is 0.684. The van der Waals surface area contributed by atoms with Crippen molar-refractivity contribution in [3.63, 3.8) is 0 Å². The van der Waals surface area contributed by atoms with Gasteiger partial charge < -0.3 is 25.2 Å². The minimum Gasteiger partial charge on any atom is -0.450 e. The first-order valence-electron chi connectivity index (χ1n) is 9.71. The van der Waals surface area contributed by atoms with E-state index in [2.05, 4.69) is 54.1 Å². The highest BCUT2D eigenvalue weighted by Gasteiger charge is 2.24. The van der Waals surface area contributed by atoms with Gasteiger partial charge >= 0.3 is 6.09 Å². The Balaban J connectivity index is 1.91. The van der Waals surface area contributed by atoms with Gasteiger partial charge in [0.2, 0.25) is 0 Å². The Kier molecular flexibility index (Phi) is 8.87. The number of nitrogens with one attached hydrogen (secondary N) is 2. The van der Waals surface area contributed by atoms with Gasteiger partial charge in [-0.05, 0) is 52.2 Å². The van der Waals surface area contributed by atoms with E-state index >= 15 is 0 Å². The second kappa shape index (κ2) is 11.1. The van der Waals surface area contributed by atoms with Crippen LogP contribution < -0.4 is 10.6 Å². The number of carbonyl (C=O) groups excluding carboxylic acids is 1. The Morgan fingerprint density at radius 3 is 2.70 bits per heavy atom. The summed E-state index contributed by atoms with van der Waals surface area (Å²) in [5.74, 6) is 0.843. The summed E-state index contributed by atoms with van der Waals surface area (Å²) in [7, 11) is 4.18. The predicted octanol–water partition coefficient (Wildman–Crippen LogP) is 2.53. The van der Waals surface area contributed by atoms with Gasteiger partial charge in [-0.15, -0.1) is 11.3 Å². The molecule has 1 saturated heterocycles. The molecule has 0 aliphatic carbocycles. The maximum atomic E-state index is 11.8. The molecule has 1 amide bonds. The van der Waals surface area contributed by atoms with E-state index in [9.17, 15) is 4.79 Å². The van der Waals surface area contributed by atoms with Crippen molar-refractivity contribution in [2.45, 2.75) is 38.8 Å². The summed E-state index contributed by atoms with van der Waals surface area (Å²) in [6.45, 7) is 7.28. The van der Waals surface area contributed by atoms with Gasteiger partial charge in [0.15, 0.2) is 5.96 Å². The van der Waals surface area contributed by atoms with Crippen LogP contribution >= 0.6 is 11.3 Å². The number of amides is 1. The topological polar surface area (TPSA) is 69.2 Å². The van der Waals surface area contributed by atoms with Crippen LogP contribution in [0.1, 0.15) is 37.6 Å². The molecule has 8 heteroatoms. The number of carbonyl (C=O) groups is 1. The van der Waals surface area contributed by atoms with E-state index in [-0.39, 0.29) is 12.1 Å². The van der Waals surface area contributed by atoms with E-state index in [1.807, 2.05) is 6.92 Å². The molecule has 152 valence electrons. The minimum absolute atomic E-state index is 0.207. The lowest BCUT2D eigenvalue weighted by atomic mass is 10.1. The van der Waals surface area contributed by atoms with Crippen LogP contribution in [-0.4, -0.2) is 74.8 Å². The van der Waals surface area contributed by atoms with Gasteiger partial charge in [0, 0.05) is 30.6 Å². The van der Waals surface area contributed by atoms with Gasteiger partial charge in [0.1, 0.15) is 0 Å². The third-order valence-electron chi connectivity index (χ3n) is 4.62. The molecule has 1 aromatic heterocycles. The van der Waals surface area contributed by atoms with Crippen LogP contribution in [0.2, 0.25) is 0 Å². The Morgan fingerprint density at radius 2 is 2.15 bits per heavy atom. The lowest BCUT2D eigenvalue weighted by Crippen LogP contribution is -2.50. The second-order valence-electron chi connectivity index (χ2n) is 6.82. The summed E-state index contributed by atoms with van der Waals surface area (Å²) in [4.78, 5) is 22.0. The molecule has 27 heavy (non-hydrogen) atoms. The van der Waals surface area contributed by atoms with Crippen molar-refractivity contribution in [1.82, 2.24) is 20.4 Å². The summed E-state index contributed by atoms with van der Waals surface area (Å²) in [5, 5.41) is 8.98. The second-order valence-corrected chi connectivity index (χ2v) is 7.80. The molecule has 7 nitrogen and oxygen atoms in total. The van der Waals surface area contributed by atoms with Gasteiger partial charge in [-0.1, -0.05) is 6.07 Å². The van der Waals surface area contributed by atoms with Crippen molar-refractivity contribution in [3.05, 3.63) is 22.4 Å². The van der Waals surface area contributed by atoms with Crippen LogP contribution in [0.3, 0.4) is 0 Å². The first-order chi connectivity index (χ1) is 13.0. The van der Waals surface area contributed by atoms with E-state index in [1.165, 1.54) is 4.88 Å². The van der Waals surface area contributed by atoms with Crippen molar-refractivity contribution in [3.8, 4) is 0 Å². The van der Waals surface area contributed by atoms with Crippen LogP contribution in [0.5, 0.6) is 0 Å². The number of likely N-dealkylation sites (tertiary alicyclic amines) is 1. The highest BCUT2D eigenvalue weighted by molar-refractivity contribution is 7.10. The van der Waals surface area contributed by atoms with E-state index in [0.29, 0.717) is 32.3 Å².